The summed E-state index contributed by atoms with van der Waals surface area (Å²) < 4.78 is 19.3. The Labute approximate surface area is 201 Å². The van der Waals surface area contributed by atoms with Crippen LogP contribution in [0.4, 0.5) is 10.1 Å². The molecule has 0 radical (unpaired) electrons. The van der Waals surface area contributed by atoms with Crippen LogP contribution in [0.3, 0.4) is 0 Å². The third-order valence-electron chi connectivity index (χ3n) is 6.12. The lowest BCUT2D eigenvalue weighted by atomic mass is 10.0. The molecule has 3 aromatic heterocycles. The monoisotopic (exact) mass is 466 g/mol. The topological polar surface area (TPSA) is 82.7 Å². The second-order valence-electron chi connectivity index (χ2n) is 8.40. The summed E-state index contributed by atoms with van der Waals surface area (Å²) in [6.45, 7) is 3.20. The Morgan fingerprint density at radius 1 is 1.00 bits per heavy atom. The normalized spacial score (nSPS) is 14.3. The van der Waals surface area contributed by atoms with Crippen LogP contribution in [0, 0.1) is 5.82 Å². The number of halogens is 1. The van der Waals surface area contributed by atoms with E-state index in [2.05, 4.69) is 31.1 Å². The molecule has 0 bridgehead atoms. The molecule has 1 fully saturated rings. The number of hydrogen-bond donors (Lipinski definition) is 2. The number of rotatable bonds is 5. The Morgan fingerprint density at radius 2 is 1.89 bits per heavy atom. The van der Waals surface area contributed by atoms with Gasteiger partial charge in [-0.3, -0.25) is 10.1 Å². The molecule has 0 saturated carbocycles. The van der Waals surface area contributed by atoms with Gasteiger partial charge in [0.05, 0.1) is 36.1 Å². The van der Waals surface area contributed by atoms with Crippen LogP contribution in [0.2, 0.25) is 0 Å². The van der Waals surface area contributed by atoms with Crippen molar-refractivity contribution in [2.24, 2.45) is 0 Å². The predicted octanol–water partition coefficient (Wildman–Crippen LogP) is 5.16. The van der Waals surface area contributed by atoms with E-state index in [1.807, 2.05) is 55.0 Å². The first-order valence-corrected chi connectivity index (χ1v) is 11.5. The lowest BCUT2D eigenvalue weighted by molar-refractivity contribution is 0.122. The molecule has 4 heterocycles. The number of pyridine rings is 1. The van der Waals surface area contributed by atoms with Gasteiger partial charge in [-0.15, -0.1) is 0 Å². The average molecular weight is 467 g/mol. The molecule has 35 heavy (non-hydrogen) atoms. The van der Waals surface area contributed by atoms with Crippen molar-refractivity contribution in [3.05, 3.63) is 84.1 Å². The zero-order valence-electron chi connectivity index (χ0n) is 18.9. The number of ether oxygens (including phenoxy) is 1. The average Bonchev–Trinajstić information content (AvgIpc) is 3.55. The molecule has 7 nitrogen and oxygen atoms in total. The number of benzene rings is 2. The number of morpholine rings is 1. The van der Waals surface area contributed by atoms with Gasteiger partial charge in [-0.05, 0) is 35.4 Å². The molecule has 0 aliphatic carbocycles. The van der Waals surface area contributed by atoms with Gasteiger partial charge in [0, 0.05) is 36.6 Å². The molecule has 0 spiro atoms. The lowest BCUT2D eigenvalue weighted by Gasteiger charge is -2.28. The van der Waals surface area contributed by atoms with Gasteiger partial charge in [0.15, 0.2) is 5.82 Å². The fraction of sp³-hybridized carbons (Fsp3) is 0.148. The summed E-state index contributed by atoms with van der Waals surface area (Å²) >= 11 is 0. The molecule has 1 aliphatic heterocycles. The maximum absolute atomic E-state index is 13.8. The van der Waals surface area contributed by atoms with E-state index in [9.17, 15) is 4.39 Å². The van der Waals surface area contributed by atoms with E-state index in [4.69, 9.17) is 9.72 Å². The fourth-order valence-corrected chi connectivity index (χ4v) is 4.37. The maximum atomic E-state index is 13.8. The second kappa shape index (κ2) is 9.15. The first-order chi connectivity index (χ1) is 17.2. The van der Waals surface area contributed by atoms with Crippen molar-refractivity contribution < 1.29 is 9.13 Å². The minimum atomic E-state index is -0.276. The van der Waals surface area contributed by atoms with Crippen molar-refractivity contribution in [2.75, 3.05) is 31.2 Å². The predicted molar refractivity (Wildman–Crippen MR) is 135 cm³/mol. The summed E-state index contributed by atoms with van der Waals surface area (Å²) in [5.41, 5.74) is 6.97. The van der Waals surface area contributed by atoms with Gasteiger partial charge >= 0.3 is 0 Å². The Bertz CT molecular complexity index is 1520. The third-order valence-corrected chi connectivity index (χ3v) is 6.12. The molecular weight excluding hydrogens is 443 g/mol. The van der Waals surface area contributed by atoms with E-state index in [0.29, 0.717) is 11.5 Å². The molecule has 6 rings (SSSR count). The number of hydrogen-bond acceptors (Lipinski definition) is 5. The molecule has 0 atom stereocenters. The summed E-state index contributed by atoms with van der Waals surface area (Å²) in [7, 11) is 0. The number of aromatic amines is 2. The maximum Gasteiger partial charge on any atom is 0.159 e. The molecule has 2 N–H and O–H groups in total. The summed E-state index contributed by atoms with van der Waals surface area (Å²) in [5.74, 6) is 0.368. The van der Waals surface area contributed by atoms with E-state index in [1.165, 1.54) is 12.1 Å². The minimum Gasteiger partial charge on any atom is -0.378 e. The van der Waals surface area contributed by atoms with Crippen LogP contribution >= 0.6 is 0 Å². The molecule has 2 aromatic carbocycles. The van der Waals surface area contributed by atoms with E-state index in [-0.39, 0.29) is 5.82 Å². The summed E-state index contributed by atoms with van der Waals surface area (Å²) in [6, 6.07) is 14.5. The van der Waals surface area contributed by atoms with Crippen molar-refractivity contribution in [1.82, 2.24) is 25.1 Å². The lowest BCUT2D eigenvalue weighted by Crippen LogP contribution is -2.36. The highest BCUT2D eigenvalue weighted by molar-refractivity contribution is 5.94. The standard InChI is InChI=1S/C27H23FN6O/c28-21-4-1-3-19(14-21)23-5-2-6-24-26(23)32-27(31-24)25-20(16-30-33-25)8-7-18-13-22(17-29-15-18)34-9-11-35-12-10-34/h1-8,13-17H,9-12H2,(H,30,33)(H,31,32)/b8-7+. The number of para-hydroxylation sites is 1. The first kappa shape index (κ1) is 21.2. The van der Waals surface area contributed by atoms with Crippen LogP contribution in [0.5, 0.6) is 0 Å². The summed E-state index contributed by atoms with van der Waals surface area (Å²) in [4.78, 5) is 14.9. The molecule has 1 aliphatic rings. The van der Waals surface area contributed by atoms with Gasteiger partial charge in [-0.25, -0.2) is 9.37 Å². The van der Waals surface area contributed by atoms with Gasteiger partial charge in [0.1, 0.15) is 11.5 Å². The minimum absolute atomic E-state index is 0.276. The number of H-pyrrole nitrogens is 2. The molecule has 0 unspecified atom stereocenters. The van der Waals surface area contributed by atoms with Gasteiger partial charge in [-0.2, -0.15) is 5.10 Å². The Morgan fingerprint density at radius 3 is 2.77 bits per heavy atom. The molecule has 1 saturated heterocycles. The Hall–Kier alpha value is -4.30. The van der Waals surface area contributed by atoms with Crippen molar-refractivity contribution in [3.63, 3.8) is 0 Å². The van der Waals surface area contributed by atoms with Crippen LogP contribution in [0.1, 0.15) is 11.1 Å². The molecule has 5 aromatic rings. The van der Waals surface area contributed by atoms with Crippen LogP contribution in [0.25, 0.3) is 45.8 Å². The summed E-state index contributed by atoms with van der Waals surface area (Å²) in [6.07, 6.45) is 9.58. The smallest absolute Gasteiger partial charge is 0.159 e. The highest BCUT2D eigenvalue weighted by Crippen LogP contribution is 2.31. The van der Waals surface area contributed by atoms with Crippen molar-refractivity contribution >= 4 is 28.9 Å². The summed E-state index contributed by atoms with van der Waals surface area (Å²) in [5, 5.41) is 7.38. The zero-order chi connectivity index (χ0) is 23.6. The van der Waals surface area contributed by atoms with Gasteiger partial charge in [0.2, 0.25) is 0 Å². The third kappa shape index (κ3) is 4.31. The Kier molecular flexibility index (Phi) is 5.56. The van der Waals surface area contributed by atoms with E-state index >= 15 is 0 Å². The molecule has 174 valence electrons. The Balaban J connectivity index is 1.31. The quantitative estimate of drug-likeness (QED) is 0.374. The van der Waals surface area contributed by atoms with E-state index in [1.54, 1.807) is 6.07 Å². The van der Waals surface area contributed by atoms with Crippen LogP contribution in [0.15, 0.2) is 67.1 Å². The zero-order valence-corrected chi connectivity index (χ0v) is 18.9. The highest BCUT2D eigenvalue weighted by Gasteiger charge is 2.15. The number of nitrogens with one attached hydrogen (secondary N) is 2. The molecule has 0 amide bonds. The van der Waals surface area contributed by atoms with Gasteiger partial charge in [0.25, 0.3) is 0 Å². The first-order valence-electron chi connectivity index (χ1n) is 11.5. The molecular formula is C27H23FN6O. The van der Waals surface area contributed by atoms with Crippen molar-refractivity contribution in [3.8, 4) is 22.6 Å². The van der Waals surface area contributed by atoms with Crippen LogP contribution in [-0.4, -0.2) is 51.5 Å². The largest absolute Gasteiger partial charge is 0.378 e. The van der Waals surface area contributed by atoms with E-state index < -0.39 is 0 Å². The van der Waals surface area contributed by atoms with Crippen LogP contribution < -0.4 is 4.90 Å². The highest BCUT2D eigenvalue weighted by atomic mass is 19.1. The number of imidazole rings is 1. The molecule has 8 heteroatoms. The fourth-order valence-electron chi connectivity index (χ4n) is 4.37. The van der Waals surface area contributed by atoms with Crippen molar-refractivity contribution in [1.29, 1.82) is 0 Å². The van der Waals surface area contributed by atoms with Crippen molar-refractivity contribution in [2.45, 2.75) is 0 Å². The second-order valence-corrected chi connectivity index (χ2v) is 8.40. The number of anilines is 1. The van der Waals surface area contributed by atoms with E-state index in [0.717, 1.165) is 65.3 Å². The number of aromatic nitrogens is 5. The van der Waals surface area contributed by atoms with Crippen LogP contribution in [-0.2, 0) is 4.74 Å². The number of fused-ring (bicyclic) bond motifs is 1. The SMILES string of the molecule is Fc1cccc(-c2cccc3[nH]c(-c4n[nH]cc4/C=C/c4cncc(N5CCOCC5)c4)nc23)c1. The number of nitrogens with zero attached hydrogens (tertiary/aromatic N) is 4. The van der Waals surface area contributed by atoms with Gasteiger partial charge in [-0.1, -0.05) is 36.4 Å². The van der Waals surface area contributed by atoms with Gasteiger partial charge < -0.3 is 14.6 Å².